The highest BCUT2D eigenvalue weighted by atomic mass is 15.4. The number of rotatable bonds is 5. The Hall–Kier alpha value is -1.46. The molecule has 0 atom stereocenters. The molecule has 0 saturated carbocycles. The summed E-state index contributed by atoms with van der Waals surface area (Å²) in [6.45, 7) is 7.91. The smallest absolute Gasteiger partial charge is 0.113 e. The van der Waals surface area contributed by atoms with Crippen molar-refractivity contribution in [2.45, 2.75) is 26.3 Å². The van der Waals surface area contributed by atoms with E-state index in [-0.39, 0.29) is 0 Å². The summed E-state index contributed by atoms with van der Waals surface area (Å²) in [5.74, 6) is 0.839. The van der Waals surface area contributed by atoms with Gasteiger partial charge in [-0.3, -0.25) is 4.90 Å². The van der Waals surface area contributed by atoms with Gasteiger partial charge in [0.1, 0.15) is 5.52 Å². The minimum atomic E-state index is 0.839. The van der Waals surface area contributed by atoms with E-state index in [1.165, 1.54) is 38.0 Å². The van der Waals surface area contributed by atoms with Crippen LogP contribution in [0.1, 0.15) is 25.3 Å². The van der Waals surface area contributed by atoms with Crippen LogP contribution in [0.2, 0.25) is 0 Å². The Morgan fingerprint density at radius 3 is 2.90 bits per heavy atom. The van der Waals surface area contributed by atoms with E-state index < -0.39 is 0 Å². The van der Waals surface area contributed by atoms with Gasteiger partial charge in [0.15, 0.2) is 0 Å². The largest absolute Gasteiger partial charge is 0.317 e. The normalized spacial score (nSPS) is 16.9. The van der Waals surface area contributed by atoms with Gasteiger partial charge in [0.05, 0.1) is 5.52 Å². The van der Waals surface area contributed by atoms with Crippen LogP contribution >= 0.6 is 0 Å². The summed E-state index contributed by atoms with van der Waals surface area (Å²) in [5.41, 5.74) is 3.42. The molecule has 0 radical (unpaired) electrons. The van der Waals surface area contributed by atoms with E-state index in [1.807, 2.05) is 11.7 Å². The van der Waals surface area contributed by atoms with Crippen LogP contribution in [0.25, 0.3) is 11.0 Å². The van der Waals surface area contributed by atoms with Crippen LogP contribution in [0.5, 0.6) is 0 Å². The van der Waals surface area contributed by atoms with Gasteiger partial charge in [-0.2, -0.15) is 0 Å². The van der Waals surface area contributed by atoms with Crippen LogP contribution in [-0.4, -0.2) is 46.1 Å². The Labute approximate surface area is 126 Å². The first-order valence-electron chi connectivity index (χ1n) is 7.97. The maximum Gasteiger partial charge on any atom is 0.113 e. The van der Waals surface area contributed by atoms with Crippen molar-refractivity contribution < 1.29 is 0 Å². The third kappa shape index (κ3) is 3.41. The number of fused-ring (bicyclic) bond motifs is 1. The van der Waals surface area contributed by atoms with Crippen LogP contribution in [0, 0.1) is 5.92 Å². The molecule has 0 spiro atoms. The van der Waals surface area contributed by atoms with E-state index in [1.54, 1.807) is 0 Å². The molecule has 1 aromatic carbocycles. The Kier molecular flexibility index (Phi) is 4.51. The Morgan fingerprint density at radius 2 is 2.14 bits per heavy atom. The van der Waals surface area contributed by atoms with Crippen LogP contribution in [0.15, 0.2) is 18.2 Å². The second kappa shape index (κ2) is 6.54. The van der Waals surface area contributed by atoms with Gasteiger partial charge < -0.3 is 5.32 Å². The summed E-state index contributed by atoms with van der Waals surface area (Å²) in [4.78, 5) is 2.55. The summed E-state index contributed by atoms with van der Waals surface area (Å²) >= 11 is 0. The van der Waals surface area contributed by atoms with Gasteiger partial charge in [-0.1, -0.05) is 18.2 Å². The number of benzene rings is 1. The van der Waals surface area contributed by atoms with Crippen molar-refractivity contribution in [3.8, 4) is 0 Å². The number of nitrogens with zero attached hydrogens (tertiary/aromatic N) is 4. The Bertz CT molecular complexity index is 585. The fourth-order valence-corrected chi connectivity index (χ4v) is 3.18. The van der Waals surface area contributed by atoms with Crippen LogP contribution < -0.4 is 5.32 Å². The SMILES string of the molecule is CCN(Cc1ccc2c(c1)nnn2C)CC1CCNCC1. The maximum atomic E-state index is 4.21. The van der Waals surface area contributed by atoms with Gasteiger partial charge in [-0.25, -0.2) is 4.68 Å². The molecule has 1 aliphatic heterocycles. The highest BCUT2D eigenvalue weighted by molar-refractivity contribution is 5.74. The van der Waals surface area contributed by atoms with E-state index in [9.17, 15) is 0 Å². The minimum Gasteiger partial charge on any atom is -0.317 e. The van der Waals surface area contributed by atoms with Crippen molar-refractivity contribution in [2.24, 2.45) is 13.0 Å². The van der Waals surface area contributed by atoms with Crippen molar-refractivity contribution >= 4 is 11.0 Å². The molecule has 2 aromatic rings. The number of piperidine rings is 1. The van der Waals surface area contributed by atoms with E-state index in [0.717, 1.165) is 30.0 Å². The first-order valence-corrected chi connectivity index (χ1v) is 7.97. The molecule has 1 aliphatic rings. The zero-order valence-electron chi connectivity index (χ0n) is 13.0. The van der Waals surface area contributed by atoms with Gasteiger partial charge in [0.2, 0.25) is 0 Å². The molecule has 1 aromatic heterocycles. The Balaban J connectivity index is 1.66. The highest BCUT2D eigenvalue weighted by Gasteiger charge is 2.16. The van der Waals surface area contributed by atoms with E-state index >= 15 is 0 Å². The molecule has 1 saturated heterocycles. The first-order chi connectivity index (χ1) is 10.3. The second-order valence-corrected chi connectivity index (χ2v) is 6.06. The maximum absolute atomic E-state index is 4.21. The van der Waals surface area contributed by atoms with Gasteiger partial charge in [-0.05, 0) is 56.1 Å². The lowest BCUT2D eigenvalue weighted by molar-refractivity contribution is 0.207. The summed E-state index contributed by atoms with van der Waals surface area (Å²) < 4.78 is 1.83. The molecule has 114 valence electrons. The standard InChI is InChI=1S/C16H25N5/c1-3-21(11-13-6-8-17-9-7-13)12-14-4-5-16-15(10-14)18-19-20(16)2/h4-5,10,13,17H,3,6-9,11-12H2,1-2H3. The van der Waals surface area contributed by atoms with Gasteiger partial charge >= 0.3 is 0 Å². The average Bonchev–Trinajstić information content (AvgIpc) is 2.88. The number of aryl methyl sites for hydroxylation is 1. The summed E-state index contributed by atoms with van der Waals surface area (Å²) in [7, 11) is 1.93. The predicted molar refractivity (Wildman–Crippen MR) is 85.1 cm³/mol. The highest BCUT2D eigenvalue weighted by Crippen LogP contribution is 2.17. The third-order valence-corrected chi connectivity index (χ3v) is 4.50. The van der Waals surface area contributed by atoms with Crippen LogP contribution in [-0.2, 0) is 13.6 Å². The fourth-order valence-electron chi connectivity index (χ4n) is 3.18. The van der Waals surface area contributed by atoms with Gasteiger partial charge in [-0.15, -0.1) is 5.10 Å². The zero-order chi connectivity index (χ0) is 14.7. The number of aromatic nitrogens is 3. The molecule has 3 rings (SSSR count). The minimum absolute atomic E-state index is 0.839. The van der Waals surface area contributed by atoms with Crippen LogP contribution in [0.3, 0.4) is 0 Å². The first kappa shape index (κ1) is 14.5. The number of hydrogen-bond donors (Lipinski definition) is 1. The summed E-state index contributed by atoms with van der Waals surface area (Å²) in [5, 5.41) is 11.7. The van der Waals surface area contributed by atoms with E-state index in [0.29, 0.717) is 0 Å². The fraction of sp³-hybridized carbons (Fsp3) is 0.625. The lowest BCUT2D eigenvalue weighted by Crippen LogP contribution is -2.35. The van der Waals surface area contributed by atoms with E-state index in [2.05, 4.69) is 45.7 Å². The predicted octanol–water partition coefficient (Wildman–Crippen LogP) is 1.79. The van der Waals surface area contributed by atoms with Crippen molar-refractivity contribution in [1.29, 1.82) is 0 Å². The second-order valence-electron chi connectivity index (χ2n) is 6.06. The van der Waals surface area contributed by atoms with Crippen molar-refractivity contribution in [3.63, 3.8) is 0 Å². The number of nitrogens with one attached hydrogen (secondary N) is 1. The quantitative estimate of drug-likeness (QED) is 0.911. The summed E-state index contributed by atoms with van der Waals surface area (Å²) in [6, 6.07) is 6.51. The van der Waals surface area contributed by atoms with Crippen LogP contribution in [0.4, 0.5) is 0 Å². The molecule has 21 heavy (non-hydrogen) atoms. The van der Waals surface area contributed by atoms with Gasteiger partial charge in [0, 0.05) is 20.1 Å². The Morgan fingerprint density at radius 1 is 1.33 bits per heavy atom. The number of hydrogen-bond acceptors (Lipinski definition) is 4. The molecule has 0 bridgehead atoms. The van der Waals surface area contributed by atoms with E-state index in [4.69, 9.17) is 0 Å². The third-order valence-electron chi connectivity index (χ3n) is 4.50. The van der Waals surface area contributed by atoms with Crippen molar-refractivity contribution in [3.05, 3.63) is 23.8 Å². The zero-order valence-corrected chi connectivity index (χ0v) is 13.0. The molecule has 1 N–H and O–H groups in total. The molecule has 0 unspecified atom stereocenters. The molecule has 1 fully saturated rings. The monoisotopic (exact) mass is 287 g/mol. The lowest BCUT2D eigenvalue weighted by atomic mass is 9.97. The lowest BCUT2D eigenvalue weighted by Gasteiger charge is -2.29. The molecule has 5 heteroatoms. The van der Waals surface area contributed by atoms with Crippen molar-refractivity contribution in [1.82, 2.24) is 25.2 Å². The van der Waals surface area contributed by atoms with Gasteiger partial charge in [0.25, 0.3) is 0 Å². The van der Waals surface area contributed by atoms with Crippen molar-refractivity contribution in [2.75, 3.05) is 26.2 Å². The topological polar surface area (TPSA) is 46.0 Å². The average molecular weight is 287 g/mol. The molecule has 0 amide bonds. The molecular weight excluding hydrogens is 262 g/mol. The molecule has 5 nitrogen and oxygen atoms in total. The molecular formula is C16H25N5. The molecule has 0 aliphatic carbocycles. The summed E-state index contributed by atoms with van der Waals surface area (Å²) in [6.07, 6.45) is 2.61. The molecule has 2 heterocycles.